The zero-order valence-corrected chi connectivity index (χ0v) is 11.5. The van der Waals surface area contributed by atoms with E-state index in [0.717, 1.165) is 23.4 Å². The number of halogens is 1. The van der Waals surface area contributed by atoms with Crippen molar-refractivity contribution >= 4 is 27.4 Å². The first-order valence-electron chi connectivity index (χ1n) is 6.15. The molecule has 18 heavy (non-hydrogen) atoms. The lowest BCUT2D eigenvalue weighted by Gasteiger charge is -2.34. The van der Waals surface area contributed by atoms with E-state index < -0.39 is 4.92 Å². The second-order valence-electron chi connectivity index (χ2n) is 5.28. The molecule has 96 valence electrons. The predicted octanol–water partition coefficient (Wildman–Crippen LogP) is 3.13. The van der Waals surface area contributed by atoms with Crippen molar-refractivity contribution in [1.29, 1.82) is 0 Å². The average molecular weight is 312 g/mol. The smallest absolute Gasteiger partial charge is 0.288 e. The maximum Gasteiger partial charge on any atom is 0.288 e. The van der Waals surface area contributed by atoms with Crippen LogP contribution in [-0.2, 0) is 0 Å². The Kier molecular flexibility index (Phi) is 2.77. The first-order chi connectivity index (χ1) is 8.60. The third kappa shape index (κ3) is 2.09. The van der Waals surface area contributed by atoms with Crippen LogP contribution in [-0.4, -0.2) is 23.0 Å². The molecular formula is C12H14BrN3O2. The Labute approximate surface area is 113 Å². The van der Waals surface area contributed by atoms with E-state index in [0.29, 0.717) is 5.41 Å². The average Bonchev–Trinajstić information content (AvgIpc) is 3.08. The van der Waals surface area contributed by atoms with Crippen LogP contribution < -0.4 is 4.90 Å². The number of pyridine rings is 1. The van der Waals surface area contributed by atoms with Gasteiger partial charge < -0.3 is 4.90 Å². The van der Waals surface area contributed by atoms with Crippen LogP contribution in [0, 0.1) is 15.5 Å². The molecular weight excluding hydrogens is 298 g/mol. The van der Waals surface area contributed by atoms with Crippen LogP contribution in [0.2, 0.25) is 0 Å². The highest BCUT2D eigenvalue weighted by atomic mass is 79.9. The van der Waals surface area contributed by atoms with Crippen molar-refractivity contribution in [3.63, 3.8) is 0 Å². The minimum absolute atomic E-state index is 0.0313. The summed E-state index contributed by atoms with van der Waals surface area (Å²) in [6, 6.07) is 1.54. The van der Waals surface area contributed by atoms with Gasteiger partial charge in [-0.15, -0.1) is 0 Å². The van der Waals surface area contributed by atoms with Crippen LogP contribution in [0.3, 0.4) is 0 Å². The second kappa shape index (κ2) is 4.19. The molecule has 0 unspecified atom stereocenters. The Balaban J connectivity index is 1.85. The number of aromatic nitrogens is 1. The van der Waals surface area contributed by atoms with E-state index in [-0.39, 0.29) is 5.69 Å². The fourth-order valence-corrected chi connectivity index (χ4v) is 3.31. The molecule has 1 aromatic heterocycles. The van der Waals surface area contributed by atoms with E-state index in [1.807, 2.05) is 0 Å². The molecule has 0 N–H and O–H groups in total. The molecule has 2 fully saturated rings. The van der Waals surface area contributed by atoms with Crippen molar-refractivity contribution in [3.8, 4) is 0 Å². The zero-order valence-electron chi connectivity index (χ0n) is 9.93. The van der Waals surface area contributed by atoms with E-state index in [1.54, 1.807) is 0 Å². The van der Waals surface area contributed by atoms with E-state index in [2.05, 4.69) is 25.8 Å². The van der Waals surface area contributed by atoms with Gasteiger partial charge in [0.25, 0.3) is 5.69 Å². The number of nitrogens with zero attached hydrogens (tertiary/aromatic N) is 3. The summed E-state index contributed by atoms with van der Waals surface area (Å²) in [7, 11) is 0. The van der Waals surface area contributed by atoms with Crippen molar-refractivity contribution in [2.24, 2.45) is 5.41 Å². The summed E-state index contributed by atoms with van der Waals surface area (Å²) in [4.78, 5) is 16.8. The lowest BCUT2D eigenvalue weighted by atomic mass is 9.95. The monoisotopic (exact) mass is 311 g/mol. The summed E-state index contributed by atoms with van der Waals surface area (Å²) in [5.74, 6) is 0.839. The maximum absolute atomic E-state index is 10.7. The molecule has 1 spiro atoms. The lowest BCUT2D eigenvalue weighted by Crippen LogP contribution is -2.37. The van der Waals surface area contributed by atoms with Crippen LogP contribution in [0.5, 0.6) is 0 Å². The summed E-state index contributed by atoms with van der Waals surface area (Å²) < 4.78 is 0.717. The fourth-order valence-electron chi connectivity index (χ4n) is 2.73. The van der Waals surface area contributed by atoms with Crippen molar-refractivity contribution in [3.05, 3.63) is 26.9 Å². The quantitative estimate of drug-likeness (QED) is 0.622. The van der Waals surface area contributed by atoms with Gasteiger partial charge in [0.15, 0.2) is 0 Å². The van der Waals surface area contributed by atoms with Gasteiger partial charge in [-0.05, 0) is 47.0 Å². The molecule has 1 aliphatic heterocycles. The topological polar surface area (TPSA) is 59.3 Å². The first kappa shape index (κ1) is 11.9. The van der Waals surface area contributed by atoms with E-state index in [4.69, 9.17) is 0 Å². The van der Waals surface area contributed by atoms with E-state index >= 15 is 0 Å². The van der Waals surface area contributed by atoms with Gasteiger partial charge in [-0.25, -0.2) is 4.98 Å². The molecule has 3 rings (SSSR count). The fraction of sp³-hybridized carbons (Fsp3) is 0.583. The summed E-state index contributed by atoms with van der Waals surface area (Å²) in [6.45, 7) is 2.03. The molecule has 0 bridgehead atoms. The standard InChI is InChI=1S/C12H14BrN3O2/c13-10-6-9(16(17)18)7-14-11(10)15-5-1-2-12(8-15)3-4-12/h6-7H,1-5,8H2. The molecule has 1 aliphatic carbocycles. The van der Waals surface area contributed by atoms with Crippen LogP contribution in [0.4, 0.5) is 11.5 Å². The minimum Gasteiger partial charge on any atom is -0.355 e. The summed E-state index contributed by atoms with van der Waals surface area (Å²) in [5.41, 5.74) is 0.546. The Hall–Kier alpha value is -1.17. The highest BCUT2D eigenvalue weighted by molar-refractivity contribution is 9.10. The largest absolute Gasteiger partial charge is 0.355 e. The molecule has 2 aliphatic rings. The van der Waals surface area contributed by atoms with E-state index in [9.17, 15) is 10.1 Å². The zero-order chi connectivity index (χ0) is 12.8. The maximum atomic E-state index is 10.7. The Morgan fingerprint density at radius 1 is 1.44 bits per heavy atom. The summed E-state index contributed by atoms with van der Waals surface area (Å²) >= 11 is 3.40. The molecule has 0 radical (unpaired) electrons. The Morgan fingerprint density at radius 3 is 2.83 bits per heavy atom. The lowest BCUT2D eigenvalue weighted by molar-refractivity contribution is -0.385. The molecule has 0 aromatic carbocycles. The SMILES string of the molecule is O=[N+]([O-])c1cnc(N2CCCC3(CC3)C2)c(Br)c1. The summed E-state index contributed by atoms with van der Waals surface area (Å²) in [5, 5.41) is 10.7. The highest BCUT2D eigenvalue weighted by Gasteiger charge is 2.45. The predicted molar refractivity (Wildman–Crippen MR) is 71.7 cm³/mol. The number of anilines is 1. The molecule has 1 saturated carbocycles. The third-order valence-electron chi connectivity index (χ3n) is 3.94. The molecule has 0 atom stereocenters. The summed E-state index contributed by atoms with van der Waals surface area (Å²) in [6.07, 6.45) is 6.47. The van der Waals surface area contributed by atoms with Gasteiger partial charge >= 0.3 is 0 Å². The number of piperidine rings is 1. The molecule has 5 nitrogen and oxygen atoms in total. The molecule has 1 saturated heterocycles. The van der Waals surface area contributed by atoms with Gasteiger partial charge in [-0.1, -0.05) is 0 Å². The van der Waals surface area contributed by atoms with Crippen LogP contribution in [0.25, 0.3) is 0 Å². The number of rotatable bonds is 2. The Morgan fingerprint density at radius 2 is 2.22 bits per heavy atom. The van der Waals surface area contributed by atoms with Gasteiger partial charge in [0.2, 0.25) is 0 Å². The van der Waals surface area contributed by atoms with Gasteiger partial charge in [-0.3, -0.25) is 10.1 Å². The van der Waals surface area contributed by atoms with Gasteiger partial charge in [0.1, 0.15) is 12.0 Å². The third-order valence-corrected chi connectivity index (χ3v) is 4.52. The normalized spacial score (nSPS) is 21.1. The van der Waals surface area contributed by atoms with Crippen molar-refractivity contribution in [2.45, 2.75) is 25.7 Å². The van der Waals surface area contributed by atoms with Gasteiger partial charge in [0, 0.05) is 19.2 Å². The number of nitro groups is 1. The highest BCUT2D eigenvalue weighted by Crippen LogP contribution is 2.52. The van der Waals surface area contributed by atoms with E-state index in [1.165, 1.54) is 37.9 Å². The number of hydrogen-bond donors (Lipinski definition) is 0. The number of hydrogen-bond acceptors (Lipinski definition) is 4. The second-order valence-corrected chi connectivity index (χ2v) is 6.14. The van der Waals surface area contributed by atoms with Crippen molar-refractivity contribution in [2.75, 3.05) is 18.0 Å². The van der Waals surface area contributed by atoms with Crippen LogP contribution >= 0.6 is 15.9 Å². The first-order valence-corrected chi connectivity index (χ1v) is 6.94. The van der Waals surface area contributed by atoms with Crippen molar-refractivity contribution < 1.29 is 4.92 Å². The van der Waals surface area contributed by atoms with Crippen LogP contribution in [0.15, 0.2) is 16.7 Å². The molecule has 2 heterocycles. The van der Waals surface area contributed by atoms with Gasteiger partial charge in [0.05, 0.1) is 9.40 Å². The molecule has 1 aromatic rings. The van der Waals surface area contributed by atoms with Crippen molar-refractivity contribution in [1.82, 2.24) is 4.98 Å². The van der Waals surface area contributed by atoms with Crippen LogP contribution in [0.1, 0.15) is 25.7 Å². The Bertz CT molecular complexity index is 502. The molecule has 0 amide bonds. The van der Waals surface area contributed by atoms with Gasteiger partial charge in [-0.2, -0.15) is 0 Å². The minimum atomic E-state index is -0.417. The molecule has 6 heteroatoms.